The average Bonchev–Trinajstić information content (AvgIpc) is 2.83. The maximum Gasteiger partial charge on any atom is 0.182 e. The van der Waals surface area contributed by atoms with Crippen molar-refractivity contribution >= 4 is 17.0 Å². The van der Waals surface area contributed by atoms with Crippen molar-refractivity contribution in [1.82, 2.24) is 24.8 Å². The van der Waals surface area contributed by atoms with Crippen molar-refractivity contribution < 1.29 is 0 Å². The summed E-state index contributed by atoms with van der Waals surface area (Å²) in [7, 11) is 2.18. The highest BCUT2D eigenvalue weighted by molar-refractivity contribution is 5.82. The van der Waals surface area contributed by atoms with Gasteiger partial charge in [-0.3, -0.25) is 0 Å². The maximum absolute atomic E-state index is 4.31. The van der Waals surface area contributed by atoms with Crippen LogP contribution >= 0.6 is 0 Å². The molecule has 0 saturated carbocycles. The van der Waals surface area contributed by atoms with Gasteiger partial charge in [-0.15, -0.1) is 0 Å². The van der Waals surface area contributed by atoms with Crippen LogP contribution < -0.4 is 5.32 Å². The summed E-state index contributed by atoms with van der Waals surface area (Å²) < 4.78 is 0. The molecule has 2 unspecified atom stereocenters. The molecule has 2 N–H and O–H groups in total. The van der Waals surface area contributed by atoms with E-state index in [2.05, 4.69) is 44.1 Å². The molecule has 0 bridgehead atoms. The molecule has 6 heteroatoms. The Bertz CT molecular complexity index is 536. The van der Waals surface area contributed by atoms with Crippen LogP contribution in [0, 0.1) is 0 Å². The number of hydrogen-bond acceptors (Lipinski definition) is 5. The van der Waals surface area contributed by atoms with Crippen LogP contribution in [-0.2, 0) is 0 Å². The van der Waals surface area contributed by atoms with Gasteiger partial charge in [0.2, 0.25) is 0 Å². The van der Waals surface area contributed by atoms with Gasteiger partial charge in [0, 0.05) is 18.6 Å². The number of H-pyrrole nitrogens is 1. The summed E-state index contributed by atoms with van der Waals surface area (Å²) in [6.07, 6.45) is 5.49. The summed E-state index contributed by atoms with van der Waals surface area (Å²) in [5.74, 6) is 0.860. The molecule has 0 radical (unpaired) electrons. The van der Waals surface area contributed by atoms with Crippen molar-refractivity contribution in [2.45, 2.75) is 31.8 Å². The summed E-state index contributed by atoms with van der Waals surface area (Å²) in [6, 6.07) is 1.08. The highest BCUT2D eigenvalue weighted by atomic mass is 15.2. The van der Waals surface area contributed by atoms with Crippen molar-refractivity contribution in [3.8, 4) is 0 Å². The third-order valence-corrected chi connectivity index (χ3v) is 3.77. The lowest BCUT2D eigenvalue weighted by Gasteiger charge is -2.35. The molecule has 2 aromatic rings. The van der Waals surface area contributed by atoms with E-state index in [9.17, 15) is 0 Å². The fourth-order valence-corrected chi connectivity index (χ4v) is 2.49. The largest absolute Gasteiger partial charge is 0.365 e. The second-order valence-electron chi connectivity index (χ2n) is 5.02. The van der Waals surface area contributed by atoms with Gasteiger partial charge in [0.1, 0.15) is 11.8 Å². The number of rotatable bonds is 2. The SMILES string of the molecule is CC1CC(Nc2ncnc3nc[nH]c23)CCN1C. The van der Waals surface area contributed by atoms with Gasteiger partial charge in [0.15, 0.2) is 11.5 Å². The zero-order chi connectivity index (χ0) is 12.5. The Balaban J connectivity index is 1.78. The molecular formula is C12H18N6. The summed E-state index contributed by atoms with van der Waals surface area (Å²) in [4.78, 5) is 18.1. The molecule has 1 aliphatic rings. The van der Waals surface area contributed by atoms with Crippen LogP contribution in [0.15, 0.2) is 12.7 Å². The monoisotopic (exact) mass is 246 g/mol. The van der Waals surface area contributed by atoms with E-state index in [0.717, 1.165) is 30.7 Å². The third kappa shape index (κ3) is 2.03. The number of imidazole rings is 1. The molecule has 3 heterocycles. The van der Waals surface area contributed by atoms with Crippen LogP contribution in [0.4, 0.5) is 5.82 Å². The minimum Gasteiger partial charge on any atom is -0.365 e. The molecule has 1 aliphatic heterocycles. The Kier molecular flexibility index (Phi) is 2.87. The zero-order valence-corrected chi connectivity index (χ0v) is 10.7. The fraction of sp³-hybridized carbons (Fsp3) is 0.583. The molecule has 18 heavy (non-hydrogen) atoms. The Morgan fingerprint density at radius 3 is 3.11 bits per heavy atom. The average molecular weight is 246 g/mol. The van der Waals surface area contributed by atoms with Crippen LogP contribution in [0.1, 0.15) is 19.8 Å². The zero-order valence-electron chi connectivity index (χ0n) is 10.7. The maximum atomic E-state index is 4.31. The van der Waals surface area contributed by atoms with Gasteiger partial charge in [-0.05, 0) is 26.8 Å². The molecular weight excluding hydrogens is 228 g/mol. The fourth-order valence-electron chi connectivity index (χ4n) is 2.49. The number of likely N-dealkylation sites (tertiary alicyclic amines) is 1. The molecule has 6 nitrogen and oxygen atoms in total. The van der Waals surface area contributed by atoms with Crippen molar-refractivity contribution in [2.75, 3.05) is 18.9 Å². The Labute approximate surface area is 106 Å². The van der Waals surface area contributed by atoms with Gasteiger partial charge >= 0.3 is 0 Å². The summed E-state index contributed by atoms with van der Waals surface area (Å²) in [5, 5.41) is 3.51. The third-order valence-electron chi connectivity index (χ3n) is 3.77. The van der Waals surface area contributed by atoms with Gasteiger partial charge in [-0.25, -0.2) is 15.0 Å². The smallest absolute Gasteiger partial charge is 0.182 e. The van der Waals surface area contributed by atoms with E-state index >= 15 is 0 Å². The second-order valence-corrected chi connectivity index (χ2v) is 5.02. The molecule has 1 saturated heterocycles. The standard InChI is InChI=1S/C12H18N6/c1-8-5-9(3-4-18(8)2)17-12-10-11(14-6-13-10)15-7-16-12/h6-9H,3-5H2,1-2H3,(H2,13,14,15,16,17). The predicted molar refractivity (Wildman–Crippen MR) is 70.4 cm³/mol. The molecule has 0 aromatic carbocycles. The number of anilines is 1. The number of nitrogens with zero attached hydrogens (tertiary/aromatic N) is 4. The van der Waals surface area contributed by atoms with E-state index in [4.69, 9.17) is 0 Å². The van der Waals surface area contributed by atoms with E-state index in [1.165, 1.54) is 0 Å². The minimum absolute atomic E-state index is 0.470. The molecule has 0 aliphatic carbocycles. The number of nitrogens with one attached hydrogen (secondary N) is 2. The number of hydrogen-bond donors (Lipinski definition) is 2. The second kappa shape index (κ2) is 4.53. The predicted octanol–water partition coefficient (Wildman–Crippen LogP) is 1.25. The lowest BCUT2D eigenvalue weighted by atomic mass is 9.99. The van der Waals surface area contributed by atoms with E-state index in [-0.39, 0.29) is 0 Å². The topological polar surface area (TPSA) is 69.7 Å². The lowest BCUT2D eigenvalue weighted by Crippen LogP contribution is -2.42. The highest BCUT2D eigenvalue weighted by Gasteiger charge is 2.23. The Morgan fingerprint density at radius 1 is 1.39 bits per heavy atom. The summed E-state index contributed by atoms with van der Waals surface area (Å²) >= 11 is 0. The molecule has 1 fully saturated rings. The van der Waals surface area contributed by atoms with Crippen LogP contribution in [-0.4, -0.2) is 50.5 Å². The molecule has 2 atom stereocenters. The van der Waals surface area contributed by atoms with Gasteiger partial charge < -0.3 is 15.2 Å². The number of aromatic amines is 1. The molecule has 96 valence electrons. The summed E-state index contributed by atoms with van der Waals surface area (Å²) in [6.45, 7) is 3.38. The van der Waals surface area contributed by atoms with Crippen LogP contribution in [0.3, 0.4) is 0 Å². The van der Waals surface area contributed by atoms with Crippen molar-refractivity contribution in [3.63, 3.8) is 0 Å². The first-order chi connectivity index (χ1) is 8.74. The minimum atomic E-state index is 0.470. The van der Waals surface area contributed by atoms with Gasteiger partial charge in [-0.1, -0.05) is 0 Å². The molecule has 3 rings (SSSR count). The van der Waals surface area contributed by atoms with Crippen molar-refractivity contribution in [2.24, 2.45) is 0 Å². The normalized spacial score (nSPS) is 25.4. The van der Waals surface area contributed by atoms with E-state index in [1.54, 1.807) is 12.7 Å². The van der Waals surface area contributed by atoms with Crippen molar-refractivity contribution in [3.05, 3.63) is 12.7 Å². The number of fused-ring (bicyclic) bond motifs is 1. The van der Waals surface area contributed by atoms with Crippen LogP contribution in [0.25, 0.3) is 11.2 Å². The lowest BCUT2D eigenvalue weighted by molar-refractivity contribution is 0.190. The van der Waals surface area contributed by atoms with E-state index in [1.807, 2.05) is 0 Å². The number of aromatic nitrogens is 4. The van der Waals surface area contributed by atoms with Crippen molar-refractivity contribution in [1.29, 1.82) is 0 Å². The molecule has 2 aromatic heterocycles. The molecule has 0 spiro atoms. The Hall–Kier alpha value is -1.69. The van der Waals surface area contributed by atoms with Gasteiger partial charge in [0.05, 0.1) is 6.33 Å². The van der Waals surface area contributed by atoms with E-state index < -0.39 is 0 Å². The first kappa shape index (κ1) is 11.4. The first-order valence-electron chi connectivity index (χ1n) is 6.35. The van der Waals surface area contributed by atoms with E-state index in [0.29, 0.717) is 17.7 Å². The first-order valence-corrected chi connectivity index (χ1v) is 6.35. The quantitative estimate of drug-likeness (QED) is 0.834. The van der Waals surface area contributed by atoms with Gasteiger partial charge in [-0.2, -0.15) is 0 Å². The summed E-state index contributed by atoms with van der Waals surface area (Å²) in [5.41, 5.74) is 1.61. The Morgan fingerprint density at radius 2 is 2.28 bits per heavy atom. The van der Waals surface area contributed by atoms with Crippen LogP contribution in [0.5, 0.6) is 0 Å². The molecule has 0 amide bonds. The van der Waals surface area contributed by atoms with Crippen LogP contribution in [0.2, 0.25) is 0 Å². The van der Waals surface area contributed by atoms with Gasteiger partial charge in [0.25, 0.3) is 0 Å². The highest BCUT2D eigenvalue weighted by Crippen LogP contribution is 2.21. The number of piperidine rings is 1.